The van der Waals surface area contributed by atoms with E-state index in [1.807, 2.05) is 97.1 Å². The van der Waals surface area contributed by atoms with E-state index in [2.05, 4.69) is 0 Å². The number of hydrogen-bond acceptors (Lipinski definition) is 2. The van der Waals surface area contributed by atoms with Crippen molar-refractivity contribution in [1.29, 1.82) is 0 Å². The molecule has 0 aromatic heterocycles. The maximum absolute atomic E-state index is 12.3. The Morgan fingerprint density at radius 2 is 1.13 bits per heavy atom. The second kappa shape index (κ2) is 11.7. The Morgan fingerprint density at radius 1 is 0.667 bits per heavy atom. The molecule has 3 nitrogen and oxygen atoms in total. The zero-order valence-electron chi connectivity index (χ0n) is 20.9. The van der Waals surface area contributed by atoms with Gasteiger partial charge >= 0.3 is 10.1 Å². The van der Waals surface area contributed by atoms with Crippen LogP contribution in [0.3, 0.4) is 0 Å². The number of hydrogen-bond donors (Lipinski definition) is 1. The highest BCUT2D eigenvalue weighted by atomic mass is 35.5. The van der Waals surface area contributed by atoms with Gasteiger partial charge in [0, 0.05) is 45.5 Å². The minimum Gasteiger partial charge on any atom is -0.274 e. The summed E-state index contributed by atoms with van der Waals surface area (Å²) in [4.78, 5) is 0. The van der Waals surface area contributed by atoms with E-state index in [1.165, 1.54) is 6.08 Å². The van der Waals surface area contributed by atoms with Gasteiger partial charge in [-0.15, -0.1) is 0 Å². The highest BCUT2D eigenvalue weighted by Gasteiger charge is 2.35. The fourth-order valence-corrected chi connectivity index (χ4v) is 5.78. The average Bonchev–Trinajstić information content (AvgIpc) is 2.93. The summed E-state index contributed by atoms with van der Waals surface area (Å²) in [5.41, 5.74) is 6.99. The molecule has 0 aliphatic heterocycles. The standard InChI is InChI=1S/C33H24Cl2O3S/c34-30-10-4-1-7-27(30)21-23-13-17-25(18-14-23)33(29-9-3-6-12-32(29)39(36,37)38)26-19-15-24(16-20-26)22-28-8-2-5-11-31(28)35/h1-20H,21-22H2/p+1. The fraction of sp³-hybridized carbons (Fsp3) is 0.0606. The molecule has 1 aliphatic carbocycles. The molecule has 5 rings (SSSR count). The van der Waals surface area contributed by atoms with E-state index in [0.717, 1.165) is 33.4 Å². The van der Waals surface area contributed by atoms with Gasteiger partial charge in [0.2, 0.25) is 0 Å². The van der Waals surface area contributed by atoms with Crippen LogP contribution >= 0.6 is 23.2 Å². The summed E-state index contributed by atoms with van der Waals surface area (Å²) < 4.78 is 34.6. The molecule has 0 unspecified atom stereocenters. The van der Waals surface area contributed by atoms with Crippen molar-refractivity contribution in [3.8, 4) is 0 Å². The Hall–Kier alpha value is -3.54. The Morgan fingerprint density at radius 3 is 1.56 bits per heavy atom. The average molecular weight is 573 g/mol. The summed E-state index contributed by atoms with van der Waals surface area (Å²) in [7, 11) is -4.45. The van der Waals surface area contributed by atoms with Crippen LogP contribution in [0.1, 0.15) is 33.4 Å². The van der Waals surface area contributed by atoms with E-state index < -0.39 is 10.1 Å². The number of halogens is 2. The number of allylic oxidation sites excluding steroid dienone is 3. The minimum absolute atomic E-state index is 0.139. The lowest BCUT2D eigenvalue weighted by Gasteiger charge is -2.14. The molecule has 0 heterocycles. The summed E-state index contributed by atoms with van der Waals surface area (Å²) in [6.07, 6.45) is 7.85. The molecule has 4 aromatic carbocycles. The molecule has 0 atom stereocenters. The largest absolute Gasteiger partial charge is 0.331 e. The van der Waals surface area contributed by atoms with Gasteiger partial charge < -0.3 is 0 Å². The van der Waals surface area contributed by atoms with E-state index in [4.69, 9.17) is 23.2 Å². The lowest BCUT2D eigenvalue weighted by molar-refractivity contribution is 0.487. The quantitative estimate of drug-likeness (QED) is 0.178. The van der Waals surface area contributed by atoms with Gasteiger partial charge in [0.05, 0.1) is 5.57 Å². The third-order valence-electron chi connectivity index (χ3n) is 6.62. The summed E-state index contributed by atoms with van der Waals surface area (Å²) in [5, 5.41) is 1.29. The van der Waals surface area contributed by atoms with Gasteiger partial charge in [0.1, 0.15) is 5.57 Å². The van der Waals surface area contributed by atoms with Crippen LogP contribution in [-0.4, -0.2) is 13.0 Å². The van der Waals surface area contributed by atoms with Crippen molar-refractivity contribution in [1.82, 2.24) is 0 Å². The van der Waals surface area contributed by atoms with Crippen LogP contribution in [0.5, 0.6) is 0 Å². The Kier molecular flexibility index (Phi) is 8.10. The highest BCUT2D eigenvalue weighted by Crippen LogP contribution is 2.37. The molecular formula is C33H25Cl2O3S+. The Balaban J connectivity index is 1.54. The van der Waals surface area contributed by atoms with Crippen LogP contribution in [0, 0.1) is 5.25 Å². The van der Waals surface area contributed by atoms with Gasteiger partial charge in [-0.3, -0.25) is 4.55 Å². The predicted octanol–water partition coefficient (Wildman–Crippen LogP) is 8.52. The third-order valence-corrected chi connectivity index (χ3v) is 8.27. The van der Waals surface area contributed by atoms with Crippen molar-refractivity contribution in [3.05, 3.63) is 176 Å². The first kappa shape index (κ1) is 27.0. The molecule has 0 saturated heterocycles. The van der Waals surface area contributed by atoms with E-state index in [9.17, 15) is 13.0 Å². The monoisotopic (exact) mass is 571 g/mol. The number of rotatable bonds is 7. The van der Waals surface area contributed by atoms with Crippen molar-refractivity contribution in [2.45, 2.75) is 12.8 Å². The van der Waals surface area contributed by atoms with Crippen LogP contribution in [-0.2, 0) is 23.0 Å². The van der Waals surface area contributed by atoms with Crippen LogP contribution in [0.25, 0.3) is 5.57 Å². The summed E-state index contributed by atoms with van der Waals surface area (Å²) in [6, 6.07) is 31.4. The van der Waals surface area contributed by atoms with Crippen molar-refractivity contribution in [3.63, 3.8) is 0 Å². The maximum Gasteiger partial charge on any atom is 0.331 e. The molecular weight excluding hydrogens is 547 g/mol. The second-order valence-corrected chi connectivity index (χ2v) is 11.5. The number of benzene rings is 4. The first-order valence-corrected chi connectivity index (χ1v) is 14.6. The normalized spacial score (nSPS) is 13.1. The molecule has 194 valence electrons. The zero-order chi connectivity index (χ0) is 27.4. The SMILES string of the molecule is O=S(=O)(O)[C+]1C=CC=CC1=C(c1ccc(Cc2ccccc2Cl)cc1)c1ccc(Cc2ccccc2Cl)cc1. The fourth-order valence-electron chi connectivity index (χ4n) is 4.68. The van der Waals surface area contributed by atoms with E-state index in [0.29, 0.717) is 34.0 Å². The molecule has 1 N–H and O–H groups in total. The molecule has 39 heavy (non-hydrogen) atoms. The highest BCUT2D eigenvalue weighted by molar-refractivity contribution is 7.89. The minimum atomic E-state index is -4.45. The Bertz CT molecular complexity index is 1590. The van der Waals surface area contributed by atoms with Crippen LogP contribution in [0.15, 0.2) is 127 Å². The summed E-state index contributed by atoms with van der Waals surface area (Å²) in [6.45, 7) is 0. The van der Waals surface area contributed by atoms with Gasteiger partial charge in [0.25, 0.3) is 0 Å². The lowest BCUT2D eigenvalue weighted by Crippen LogP contribution is -2.14. The predicted molar refractivity (Wildman–Crippen MR) is 160 cm³/mol. The van der Waals surface area contributed by atoms with E-state index >= 15 is 0 Å². The molecule has 0 bridgehead atoms. The zero-order valence-corrected chi connectivity index (χ0v) is 23.2. The molecule has 6 heteroatoms. The lowest BCUT2D eigenvalue weighted by atomic mass is 9.88. The summed E-state index contributed by atoms with van der Waals surface area (Å²) >= 11 is 12.7. The molecule has 0 fully saturated rings. The molecule has 0 spiro atoms. The van der Waals surface area contributed by atoms with E-state index in [-0.39, 0.29) is 5.25 Å². The third kappa shape index (κ3) is 6.38. The van der Waals surface area contributed by atoms with Gasteiger partial charge in [0.15, 0.2) is 5.25 Å². The van der Waals surface area contributed by atoms with Crippen LogP contribution in [0.4, 0.5) is 0 Å². The van der Waals surface area contributed by atoms with E-state index in [1.54, 1.807) is 18.2 Å². The first-order valence-electron chi connectivity index (χ1n) is 12.4. The van der Waals surface area contributed by atoms with Crippen molar-refractivity contribution < 1.29 is 13.0 Å². The van der Waals surface area contributed by atoms with Crippen LogP contribution in [0.2, 0.25) is 10.0 Å². The second-order valence-electron chi connectivity index (χ2n) is 9.28. The van der Waals surface area contributed by atoms with Gasteiger partial charge in [-0.2, -0.15) is 8.42 Å². The van der Waals surface area contributed by atoms with Gasteiger partial charge in [-0.1, -0.05) is 83.9 Å². The molecule has 0 amide bonds. The molecule has 0 saturated carbocycles. The first-order chi connectivity index (χ1) is 18.8. The smallest absolute Gasteiger partial charge is 0.274 e. The molecule has 0 radical (unpaired) electrons. The van der Waals surface area contributed by atoms with Crippen LogP contribution < -0.4 is 0 Å². The molecule has 4 aromatic rings. The van der Waals surface area contributed by atoms with Crippen molar-refractivity contribution in [2.75, 3.05) is 0 Å². The maximum atomic E-state index is 12.3. The van der Waals surface area contributed by atoms with Gasteiger partial charge in [-0.05, 0) is 71.5 Å². The Labute approximate surface area is 239 Å². The summed E-state index contributed by atoms with van der Waals surface area (Å²) in [5.74, 6) is 0. The molecule has 1 aliphatic rings. The van der Waals surface area contributed by atoms with Crippen molar-refractivity contribution in [2.24, 2.45) is 0 Å². The topological polar surface area (TPSA) is 54.4 Å². The van der Waals surface area contributed by atoms with Gasteiger partial charge in [-0.25, -0.2) is 0 Å². The van der Waals surface area contributed by atoms with Crippen molar-refractivity contribution >= 4 is 38.9 Å².